The highest BCUT2D eigenvalue weighted by Crippen LogP contribution is 2.23. The second-order valence-corrected chi connectivity index (χ2v) is 3.45. The fourth-order valence-electron chi connectivity index (χ4n) is 1.20. The Bertz CT molecular complexity index is 474. The van der Waals surface area contributed by atoms with E-state index in [4.69, 9.17) is 21.4 Å². The molecule has 0 aliphatic rings. The Kier molecular flexibility index (Phi) is 3.34. The molecule has 2 rings (SSSR count). The second-order valence-electron chi connectivity index (χ2n) is 3.06. The second kappa shape index (κ2) is 4.92. The SMILES string of the molecule is OCc1ccccc1Oc1ccc(Cl)nn1. The number of hydrogen-bond donors (Lipinski definition) is 1. The van der Waals surface area contributed by atoms with E-state index in [0.29, 0.717) is 22.3 Å². The molecule has 1 aromatic carbocycles. The number of aromatic nitrogens is 2. The number of rotatable bonds is 3. The lowest BCUT2D eigenvalue weighted by molar-refractivity contribution is 0.276. The zero-order valence-electron chi connectivity index (χ0n) is 8.30. The summed E-state index contributed by atoms with van der Waals surface area (Å²) in [5, 5.41) is 16.8. The summed E-state index contributed by atoms with van der Waals surface area (Å²) in [6.45, 7) is -0.0861. The number of hydrogen-bond acceptors (Lipinski definition) is 4. The van der Waals surface area contributed by atoms with Gasteiger partial charge in [-0.15, -0.1) is 10.2 Å². The smallest absolute Gasteiger partial charge is 0.238 e. The molecule has 0 spiro atoms. The van der Waals surface area contributed by atoms with Crippen molar-refractivity contribution in [1.29, 1.82) is 0 Å². The van der Waals surface area contributed by atoms with E-state index in [2.05, 4.69) is 10.2 Å². The third kappa shape index (κ3) is 2.48. The van der Waals surface area contributed by atoms with Gasteiger partial charge < -0.3 is 9.84 Å². The monoisotopic (exact) mass is 236 g/mol. The Balaban J connectivity index is 2.23. The molecule has 0 bridgehead atoms. The molecule has 0 radical (unpaired) electrons. The number of benzene rings is 1. The lowest BCUT2D eigenvalue weighted by Crippen LogP contribution is -1.94. The van der Waals surface area contributed by atoms with E-state index >= 15 is 0 Å². The average molecular weight is 237 g/mol. The molecule has 0 saturated carbocycles. The zero-order valence-corrected chi connectivity index (χ0v) is 9.05. The molecule has 0 unspecified atom stereocenters. The lowest BCUT2D eigenvalue weighted by Gasteiger charge is -2.07. The van der Waals surface area contributed by atoms with E-state index in [9.17, 15) is 0 Å². The topological polar surface area (TPSA) is 55.2 Å². The highest BCUT2D eigenvalue weighted by atomic mass is 35.5. The van der Waals surface area contributed by atoms with E-state index in [1.54, 1.807) is 24.3 Å². The quantitative estimate of drug-likeness (QED) is 0.889. The van der Waals surface area contributed by atoms with Crippen LogP contribution in [0.25, 0.3) is 0 Å². The van der Waals surface area contributed by atoms with Crippen molar-refractivity contribution in [3.8, 4) is 11.6 Å². The summed E-state index contributed by atoms with van der Waals surface area (Å²) in [6.07, 6.45) is 0. The molecule has 0 atom stereocenters. The first kappa shape index (κ1) is 10.9. The summed E-state index contributed by atoms with van der Waals surface area (Å²) in [4.78, 5) is 0. The van der Waals surface area contributed by atoms with Gasteiger partial charge in [0.15, 0.2) is 5.15 Å². The van der Waals surface area contributed by atoms with Crippen LogP contribution in [0.4, 0.5) is 0 Å². The first-order valence-electron chi connectivity index (χ1n) is 4.65. The fourth-order valence-corrected chi connectivity index (χ4v) is 1.31. The van der Waals surface area contributed by atoms with Gasteiger partial charge in [-0.05, 0) is 12.1 Å². The molecule has 0 aliphatic carbocycles. The third-order valence-electron chi connectivity index (χ3n) is 1.97. The van der Waals surface area contributed by atoms with Gasteiger partial charge in [-0.2, -0.15) is 0 Å². The minimum Gasteiger partial charge on any atom is -0.437 e. The molecular formula is C11H9ClN2O2. The Morgan fingerprint density at radius 1 is 1.12 bits per heavy atom. The summed E-state index contributed by atoms with van der Waals surface area (Å²) < 4.78 is 5.46. The van der Waals surface area contributed by atoms with Gasteiger partial charge in [0, 0.05) is 11.6 Å². The van der Waals surface area contributed by atoms with Crippen LogP contribution in [-0.4, -0.2) is 15.3 Å². The normalized spacial score (nSPS) is 10.1. The Morgan fingerprint density at radius 2 is 1.94 bits per heavy atom. The van der Waals surface area contributed by atoms with Crippen LogP contribution in [0.2, 0.25) is 5.15 Å². The zero-order chi connectivity index (χ0) is 11.4. The van der Waals surface area contributed by atoms with Crippen molar-refractivity contribution >= 4 is 11.6 Å². The fraction of sp³-hybridized carbons (Fsp3) is 0.0909. The lowest BCUT2D eigenvalue weighted by atomic mass is 10.2. The largest absolute Gasteiger partial charge is 0.437 e. The molecule has 0 fully saturated rings. The van der Waals surface area contributed by atoms with E-state index in [0.717, 1.165) is 0 Å². The minimum atomic E-state index is -0.0861. The van der Waals surface area contributed by atoms with Crippen molar-refractivity contribution in [2.45, 2.75) is 6.61 Å². The standard InChI is InChI=1S/C11H9ClN2O2/c12-10-5-6-11(14-13-10)16-9-4-2-1-3-8(9)7-15/h1-6,15H,7H2. The van der Waals surface area contributed by atoms with Gasteiger partial charge in [0.05, 0.1) is 6.61 Å². The van der Waals surface area contributed by atoms with Gasteiger partial charge in [0.2, 0.25) is 5.88 Å². The van der Waals surface area contributed by atoms with Crippen LogP contribution >= 0.6 is 11.6 Å². The summed E-state index contributed by atoms with van der Waals surface area (Å²) in [5.41, 5.74) is 0.694. The Hall–Kier alpha value is -1.65. The molecular weight excluding hydrogens is 228 g/mol. The van der Waals surface area contributed by atoms with E-state index in [-0.39, 0.29) is 6.61 Å². The molecule has 1 aromatic heterocycles. The number of aliphatic hydroxyl groups is 1. The number of halogens is 1. The van der Waals surface area contributed by atoms with Gasteiger partial charge >= 0.3 is 0 Å². The summed E-state index contributed by atoms with van der Waals surface area (Å²) in [5.74, 6) is 0.895. The van der Waals surface area contributed by atoms with Crippen LogP contribution in [0.5, 0.6) is 11.6 Å². The molecule has 0 amide bonds. The van der Waals surface area contributed by atoms with Crippen molar-refractivity contribution in [2.75, 3.05) is 0 Å². The van der Waals surface area contributed by atoms with Crippen LogP contribution in [-0.2, 0) is 6.61 Å². The van der Waals surface area contributed by atoms with Crippen LogP contribution < -0.4 is 4.74 Å². The molecule has 1 N–H and O–H groups in total. The first-order chi connectivity index (χ1) is 7.79. The Morgan fingerprint density at radius 3 is 2.62 bits per heavy atom. The maximum atomic E-state index is 9.10. The van der Waals surface area contributed by atoms with Crippen LogP contribution in [0.3, 0.4) is 0 Å². The molecule has 1 heterocycles. The molecule has 16 heavy (non-hydrogen) atoms. The maximum absolute atomic E-state index is 9.10. The molecule has 82 valence electrons. The number of ether oxygens (including phenoxy) is 1. The van der Waals surface area contributed by atoms with Crippen LogP contribution in [0.1, 0.15) is 5.56 Å². The molecule has 4 nitrogen and oxygen atoms in total. The summed E-state index contributed by atoms with van der Waals surface area (Å²) in [7, 11) is 0. The molecule has 0 aliphatic heterocycles. The maximum Gasteiger partial charge on any atom is 0.238 e. The van der Waals surface area contributed by atoms with Crippen molar-refractivity contribution in [2.24, 2.45) is 0 Å². The molecule has 5 heteroatoms. The van der Waals surface area contributed by atoms with Gasteiger partial charge in [-0.25, -0.2) is 0 Å². The van der Waals surface area contributed by atoms with Gasteiger partial charge in [0.1, 0.15) is 5.75 Å². The predicted molar refractivity (Wildman–Crippen MR) is 59.5 cm³/mol. The van der Waals surface area contributed by atoms with Crippen LogP contribution in [0, 0.1) is 0 Å². The first-order valence-corrected chi connectivity index (χ1v) is 5.03. The number of nitrogens with zero attached hydrogens (tertiary/aromatic N) is 2. The summed E-state index contributed by atoms with van der Waals surface area (Å²) >= 11 is 5.60. The predicted octanol–water partition coefficient (Wildman–Crippen LogP) is 2.41. The average Bonchev–Trinajstić information content (AvgIpc) is 2.33. The van der Waals surface area contributed by atoms with Crippen LogP contribution in [0.15, 0.2) is 36.4 Å². The molecule has 0 saturated heterocycles. The highest BCUT2D eigenvalue weighted by Gasteiger charge is 2.04. The summed E-state index contributed by atoms with van der Waals surface area (Å²) in [6, 6.07) is 10.4. The minimum absolute atomic E-state index is 0.0861. The van der Waals surface area contributed by atoms with E-state index < -0.39 is 0 Å². The Labute approximate surface area is 97.5 Å². The molecule has 2 aromatic rings. The van der Waals surface area contributed by atoms with Gasteiger partial charge in [-0.1, -0.05) is 29.8 Å². The van der Waals surface area contributed by atoms with Gasteiger partial charge in [-0.3, -0.25) is 0 Å². The van der Waals surface area contributed by atoms with Crippen molar-refractivity contribution < 1.29 is 9.84 Å². The number of aliphatic hydroxyl groups excluding tert-OH is 1. The van der Waals surface area contributed by atoms with Crippen molar-refractivity contribution in [3.63, 3.8) is 0 Å². The van der Waals surface area contributed by atoms with E-state index in [1.807, 2.05) is 12.1 Å². The third-order valence-corrected chi connectivity index (χ3v) is 2.17. The van der Waals surface area contributed by atoms with Gasteiger partial charge in [0.25, 0.3) is 0 Å². The number of para-hydroxylation sites is 1. The highest BCUT2D eigenvalue weighted by molar-refractivity contribution is 6.29. The van der Waals surface area contributed by atoms with E-state index in [1.165, 1.54) is 0 Å². The van der Waals surface area contributed by atoms with Crippen molar-refractivity contribution in [1.82, 2.24) is 10.2 Å². The van der Waals surface area contributed by atoms with Crippen molar-refractivity contribution in [3.05, 3.63) is 47.1 Å².